The molecule has 3 heterocycles. The number of hydrogen-bond donors (Lipinski definition) is 0. The summed E-state index contributed by atoms with van der Waals surface area (Å²) in [6.07, 6.45) is 5.03. The van der Waals surface area contributed by atoms with Crippen molar-refractivity contribution in [2.24, 2.45) is 0 Å². The van der Waals surface area contributed by atoms with Crippen molar-refractivity contribution in [3.8, 4) is 11.3 Å². The summed E-state index contributed by atoms with van der Waals surface area (Å²) >= 11 is 1.52. The highest BCUT2D eigenvalue weighted by Crippen LogP contribution is 2.31. The molecule has 0 unspecified atom stereocenters. The minimum Gasteiger partial charge on any atom is -0.312 e. The lowest BCUT2D eigenvalue weighted by molar-refractivity contribution is -0.118. The molecule has 1 amide bonds. The number of amides is 1. The van der Waals surface area contributed by atoms with Gasteiger partial charge in [-0.25, -0.2) is 13.4 Å². The van der Waals surface area contributed by atoms with Crippen LogP contribution in [0.25, 0.3) is 16.2 Å². The highest BCUT2D eigenvalue weighted by atomic mass is 32.2. The molecule has 0 saturated carbocycles. The van der Waals surface area contributed by atoms with Gasteiger partial charge in [0.1, 0.15) is 0 Å². The van der Waals surface area contributed by atoms with Crippen LogP contribution >= 0.6 is 11.3 Å². The molecule has 0 fully saturated rings. The molecule has 0 saturated heterocycles. The van der Waals surface area contributed by atoms with Crippen LogP contribution in [0.1, 0.15) is 17.7 Å². The second-order valence-electron chi connectivity index (χ2n) is 7.76. The summed E-state index contributed by atoms with van der Waals surface area (Å²) in [6.45, 7) is 0.635. The zero-order chi connectivity index (χ0) is 21.6. The van der Waals surface area contributed by atoms with Crippen molar-refractivity contribution in [1.82, 2.24) is 9.38 Å². The van der Waals surface area contributed by atoms with E-state index in [0.717, 1.165) is 46.0 Å². The molecule has 158 valence electrons. The van der Waals surface area contributed by atoms with Crippen LogP contribution in [0.3, 0.4) is 0 Å². The van der Waals surface area contributed by atoms with E-state index in [0.29, 0.717) is 11.4 Å². The number of carbonyl (C=O) groups excluding carboxylic acids is 1. The molecule has 8 heteroatoms. The Balaban J connectivity index is 1.42. The second-order valence-corrected chi connectivity index (χ2v) is 10.6. The van der Waals surface area contributed by atoms with Gasteiger partial charge in [-0.1, -0.05) is 30.3 Å². The predicted molar refractivity (Wildman–Crippen MR) is 122 cm³/mol. The molecule has 0 radical (unpaired) electrons. The first-order chi connectivity index (χ1) is 14.9. The van der Waals surface area contributed by atoms with Gasteiger partial charge in [0.15, 0.2) is 14.8 Å². The van der Waals surface area contributed by atoms with Crippen molar-refractivity contribution in [3.63, 3.8) is 0 Å². The fourth-order valence-corrected chi connectivity index (χ4v) is 5.56. The molecule has 6 nitrogen and oxygen atoms in total. The van der Waals surface area contributed by atoms with Crippen LogP contribution in [0.5, 0.6) is 0 Å². The number of imidazole rings is 1. The lowest BCUT2D eigenvalue weighted by atomic mass is 10.0. The molecule has 31 heavy (non-hydrogen) atoms. The van der Waals surface area contributed by atoms with Crippen LogP contribution in [-0.2, 0) is 27.5 Å². The first-order valence-corrected chi connectivity index (χ1v) is 12.8. The van der Waals surface area contributed by atoms with E-state index in [2.05, 4.69) is 0 Å². The van der Waals surface area contributed by atoms with Gasteiger partial charge in [-0.05, 0) is 36.6 Å². The van der Waals surface area contributed by atoms with E-state index in [4.69, 9.17) is 4.98 Å². The monoisotopic (exact) mass is 451 g/mol. The number of aromatic nitrogens is 2. The van der Waals surface area contributed by atoms with Gasteiger partial charge >= 0.3 is 0 Å². The molecule has 5 rings (SSSR count). The third-order valence-corrected chi connectivity index (χ3v) is 7.58. The number of anilines is 1. The minimum atomic E-state index is -3.27. The summed E-state index contributed by atoms with van der Waals surface area (Å²) in [7, 11) is -3.27. The normalized spacial score (nSPS) is 14.0. The number of hydrogen-bond acceptors (Lipinski definition) is 5. The Hall–Kier alpha value is -2.97. The molecular formula is C23H21N3O3S2. The van der Waals surface area contributed by atoms with Crippen LogP contribution in [0, 0.1) is 0 Å². The standard InChI is InChI=1S/C23H21N3O3S2/c1-31(28,29)19-9-10-21-17(12-19)8-5-11-25(21)22(27)13-18-15-30-23-24-20(14-26(18)23)16-6-3-2-4-7-16/h2-4,6-7,9-10,12,14-15H,5,8,11,13H2,1H3. The third-order valence-electron chi connectivity index (χ3n) is 5.58. The molecule has 2 aromatic heterocycles. The fourth-order valence-electron chi connectivity index (χ4n) is 4.02. The quantitative estimate of drug-likeness (QED) is 0.470. The minimum absolute atomic E-state index is 0.00252. The van der Waals surface area contributed by atoms with Crippen LogP contribution in [-0.4, -0.2) is 36.5 Å². The van der Waals surface area contributed by atoms with Crippen LogP contribution in [0.4, 0.5) is 5.69 Å². The molecular weight excluding hydrogens is 430 g/mol. The maximum Gasteiger partial charge on any atom is 0.232 e. The first kappa shape index (κ1) is 20.0. The van der Waals surface area contributed by atoms with Crippen molar-refractivity contribution in [3.05, 3.63) is 71.4 Å². The van der Waals surface area contributed by atoms with Crippen molar-refractivity contribution in [2.45, 2.75) is 24.2 Å². The molecule has 2 aromatic carbocycles. The first-order valence-electron chi connectivity index (χ1n) is 10.0. The van der Waals surface area contributed by atoms with Gasteiger partial charge in [-0.15, -0.1) is 11.3 Å². The SMILES string of the molecule is CS(=O)(=O)c1ccc2c(c1)CCCN2C(=O)Cc1csc2nc(-c3ccccc3)cn12. The summed E-state index contributed by atoms with van der Waals surface area (Å²) in [5.41, 5.74) is 4.55. The molecule has 4 aromatic rings. The van der Waals surface area contributed by atoms with Crippen molar-refractivity contribution >= 4 is 37.7 Å². The van der Waals surface area contributed by atoms with Gasteiger partial charge in [0.2, 0.25) is 5.91 Å². The topological polar surface area (TPSA) is 71.8 Å². The number of nitrogens with zero attached hydrogens (tertiary/aromatic N) is 3. The van der Waals surface area contributed by atoms with Crippen LogP contribution in [0.15, 0.2) is 65.0 Å². The summed E-state index contributed by atoms with van der Waals surface area (Å²) in [5.74, 6) is 0.00252. The molecule has 0 spiro atoms. The number of aryl methyl sites for hydroxylation is 1. The van der Waals surface area contributed by atoms with E-state index in [1.807, 2.05) is 46.3 Å². The Morgan fingerprint density at radius 2 is 1.97 bits per heavy atom. The number of rotatable bonds is 4. The molecule has 0 aliphatic carbocycles. The molecule has 0 atom stereocenters. The number of carbonyl (C=O) groups is 1. The second kappa shape index (κ2) is 7.62. The van der Waals surface area contributed by atoms with E-state index in [-0.39, 0.29) is 12.3 Å². The number of benzene rings is 2. The average Bonchev–Trinajstić information content (AvgIpc) is 3.35. The predicted octanol–water partition coefficient (Wildman–Crippen LogP) is 3.99. The third kappa shape index (κ3) is 3.77. The van der Waals surface area contributed by atoms with Gasteiger partial charge in [0.05, 0.1) is 17.0 Å². The molecule has 1 aliphatic rings. The smallest absolute Gasteiger partial charge is 0.232 e. The Kier molecular flexibility index (Phi) is 4.91. The van der Waals surface area contributed by atoms with Crippen molar-refractivity contribution in [2.75, 3.05) is 17.7 Å². The Bertz CT molecular complexity index is 1390. The zero-order valence-corrected chi connectivity index (χ0v) is 18.6. The highest BCUT2D eigenvalue weighted by Gasteiger charge is 2.25. The van der Waals surface area contributed by atoms with Crippen LogP contribution in [0.2, 0.25) is 0 Å². The van der Waals surface area contributed by atoms with Gasteiger partial charge in [-0.2, -0.15) is 0 Å². The maximum absolute atomic E-state index is 13.2. The number of sulfone groups is 1. The Morgan fingerprint density at radius 1 is 1.16 bits per heavy atom. The lowest BCUT2D eigenvalue weighted by Crippen LogP contribution is -2.36. The van der Waals surface area contributed by atoms with E-state index >= 15 is 0 Å². The number of fused-ring (bicyclic) bond motifs is 2. The largest absolute Gasteiger partial charge is 0.312 e. The summed E-state index contributed by atoms with van der Waals surface area (Å²) in [5, 5.41) is 1.98. The van der Waals surface area contributed by atoms with Crippen molar-refractivity contribution in [1.29, 1.82) is 0 Å². The molecule has 1 aliphatic heterocycles. The number of thiazole rings is 1. The summed E-state index contributed by atoms with van der Waals surface area (Å²) < 4.78 is 25.8. The summed E-state index contributed by atoms with van der Waals surface area (Å²) in [4.78, 5) is 20.8. The Labute approximate surface area is 184 Å². The summed E-state index contributed by atoms with van der Waals surface area (Å²) in [6, 6.07) is 15.0. The maximum atomic E-state index is 13.2. The fraction of sp³-hybridized carbons (Fsp3) is 0.217. The van der Waals surface area contributed by atoms with E-state index in [9.17, 15) is 13.2 Å². The highest BCUT2D eigenvalue weighted by molar-refractivity contribution is 7.90. The average molecular weight is 452 g/mol. The van der Waals surface area contributed by atoms with E-state index in [1.54, 1.807) is 23.1 Å². The molecule has 0 N–H and O–H groups in total. The molecule has 0 bridgehead atoms. The van der Waals surface area contributed by atoms with Gasteiger partial charge in [0.25, 0.3) is 0 Å². The van der Waals surface area contributed by atoms with E-state index < -0.39 is 9.84 Å². The van der Waals surface area contributed by atoms with Gasteiger partial charge in [0, 0.05) is 41.3 Å². The van der Waals surface area contributed by atoms with Gasteiger partial charge in [-0.3, -0.25) is 9.20 Å². The Morgan fingerprint density at radius 3 is 2.74 bits per heavy atom. The van der Waals surface area contributed by atoms with Crippen LogP contribution < -0.4 is 4.90 Å². The van der Waals surface area contributed by atoms with E-state index in [1.165, 1.54) is 17.6 Å². The van der Waals surface area contributed by atoms with Gasteiger partial charge < -0.3 is 4.90 Å². The zero-order valence-electron chi connectivity index (χ0n) is 17.0. The lowest BCUT2D eigenvalue weighted by Gasteiger charge is -2.30. The van der Waals surface area contributed by atoms with Crippen molar-refractivity contribution < 1.29 is 13.2 Å².